The minimum atomic E-state index is -3.81. The number of carbonyl (C=O) groups excluding carboxylic acids is 2. The van der Waals surface area contributed by atoms with Crippen LogP contribution in [0.4, 0.5) is 5.69 Å². The van der Waals surface area contributed by atoms with Gasteiger partial charge in [-0.25, -0.2) is 8.42 Å². The zero-order valence-electron chi connectivity index (χ0n) is 19.8. The highest BCUT2D eigenvalue weighted by Crippen LogP contribution is 2.23. The van der Waals surface area contributed by atoms with E-state index in [0.717, 1.165) is 22.5 Å². The van der Waals surface area contributed by atoms with Gasteiger partial charge in [0.05, 0.1) is 11.9 Å². The third-order valence-electron chi connectivity index (χ3n) is 5.43. The molecule has 0 aliphatic rings. The molecule has 1 N–H and O–H groups in total. The van der Waals surface area contributed by atoms with E-state index in [1.54, 1.807) is 42.5 Å². The fourth-order valence-electron chi connectivity index (χ4n) is 3.39. The van der Waals surface area contributed by atoms with Crippen molar-refractivity contribution in [2.45, 2.75) is 52.2 Å². The van der Waals surface area contributed by atoms with Crippen LogP contribution in [-0.2, 0) is 26.2 Å². The summed E-state index contributed by atoms with van der Waals surface area (Å²) < 4.78 is 26.1. The number of amides is 2. The second-order valence-electron chi connectivity index (χ2n) is 8.14. The molecule has 0 heterocycles. The lowest BCUT2D eigenvalue weighted by Crippen LogP contribution is -2.53. The number of hydrogen-bond donors (Lipinski definition) is 1. The van der Waals surface area contributed by atoms with Gasteiger partial charge in [-0.05, 0) is 55.7 Å². The van der Waals surface area contributed by atoms with Crippen LogP contribution in [0.15, 0.2) is 48.5 Å². The molecule has 2 atom stereocenters. The van der Waals surface area contributed by atoms with E-state index in [1.807, 2.05) is 20.8 Å². The highest BCUT2D eigenvalue weighted by Gasteiger charge is 2.32. The Balaban J connectivity index is 2.43. The minimum absolute atomic E-state index is 0.0620. The summed E-state index contributed by atoms with van der Waals surface area (Å²) in [6, 6.07) is 12.4. The highest BCUT2D eigenvalue weighted by molar-refractivity contribution is 7.92. The molecule has 0 saturated heterocycles. The molecule has 0 bridgehead atoms. The monoisotopic (exact) mass is 527 g/mol. The average Bonchev–Trinajstić information content (AvgIpc) is 2.77. The van der Waals surface area contributed by atoms with Crippen LogP contribution in [0.2, 0.25) is 10.0 Å². The van der Waals surface area contributed by atoms with Crippen molar-refractivity contribution in [1.82, 2.24) is 10.2 Å². The number of rotatable bonds is 11. The van der Waals surface area contributed by atoms with Gasteiger partial charge in [0.25, 0.3) is 0 Å². The largest absolute Gasteiger partial charge is 0.352 e. The van der Waals surface area contributed by atoms with E-state index in [0.29, 0.717) is 16.5 Å². The summed E-state index contributed by atoms with van der Waals surface area (Å²) >= 11 is 12.0. The number of carbonyl (C=O) groups is 2. The van der Waals surface area contributed by atoms with Crippen molar-refractivity contribution in [3.05, 3.63) is 64.1 Å². The lowest BCUT2D eigenvalue weighted by Gasteiger charge is -2.33. The first-order valence-electron chi connectivity index (χ1n) is 11.0. The van der Waals surface area contributed by atoms with Crippen LogP contribution in [0.5, 0.6) is 0 Å². The lowest BCUT2D eigenvalue weighted by atomic mass is 10.1. The fourth-order valence-corrected chi connectivity index (χ4v) is 4.54. The Bertz CT molecular complexity index is 1090. The number of hydrogen-bond acceptors (Lipinski definition) is 4. The maximum Gasteiger partial charge on any atom is 0.244 e. The first kappa shape index (κ1) is 28.0. The zero-order valence-corrected chi connectivity index (χ0v) is 22.1. The van der Waals surface area contributed by atoms with Crippen LogP contribution in [-0.4, -0.2) is 50.0 Å². The van der Waals surface area contributed by atoms with Crippen molar-refractivity contribution in [2.75, 3.05) is 17.1 Å². The Morgan fingerprint density at radius 2 is 1.65 bits per heavy atom. The number of nitrogens with zero attached hydrogens (tertiary/aromatic N) is 2. The van der Waals surface area contributed by atoms with Crippen molar-refractivity contribution in [2.24, 2.45) is 0 Å². The van der Waals surface area contributed by atoms with E-state index in [-0.39, 0.29) is 24.2 Å². The molecular weight excluding hydrogens is 497 g/mol. The van der Waals surface area contributed by atoms with E-state index in [1.165, 1.54) is 11.0 Å². The van der Waals surface area contributed by atoms with Crippen molar-refractivity contribution >= 4 is 50.7 Å². The van der Waals surface area contributed by atoms with Crippen molar-refractivity contribution in [3.63, 3.8) is 0 Å². The van der Waals surface area contributed by atoms with Crippen LogP contribution in [0.25, 0.3) is 0 Å². The molecule has 0 fully saturated rings. The summed E-state index contributed by atoms with van der Waals surface area (Å²) in [7, 11) is -3.81. The van der Waals surface area contributed by atoms with Crippen molar-refractivity contribution in [1.29, 1.82) is 0 Å². The highest BCUT2D eigenvalue weighted by atomic mass is 35.5. The molecule has 2 aromatic rings. The van der Waals surface area contributed by atoms with Crippen molar-refractivity contribution in [3.8, 4) is 0 Å². The average molecular weight is 529 g/mol. The normalized spacial score (nSPS) is 13.1. The third kappa shape index (κ3) is 7.89. The standard InChI is InChI=1S/C24H31Cl2N3O4S/c1-5-17(3)27-24(31)22(6-2)28(15-18-10-12-19(25)13-11-18)23(30)16-29(34(4,32)33)21-9-7-8-20(26)14-21/h7-14,17,22H,5-6,15-16H2,1-4H3,(H,27,31). The summed E-state index contributed by atoms with van der Waals surface area (Å²) in [5.41, 5.74) is 1.04. The molecular formula is C24H31Cl2N3O4S. The van der Waals surface area contributed by atoms with E-state index in [9.17, 15) is 18.0 Å². The van der Waals surface area contributed by atoms with Crippen LogP contribution >= 0.6 is 23.2 Å². The topological polar surface area (TPSA) is 86.8 Å². The smallest absolute Gasteiger partial charge is 0.244 e. The molecule has 186 valence electrons. The maximum absolute atomic E-state index is 13.6. The summed E-state index contributed by atoms with van der Waals surface area (Å²) in [6.45, 7) is 5.31. The van der Waals surface area contributed by atoms with Gasteiger partial charge >= 0.3 is 0 Å². The van der Waals surface area contributed by atoms with Crippen molar-refractivity contribution < 1.29 is 18.0 Å². The summed E-state index contributed by atoms with van der Waals surface area (Å²) in [5, 5.41) is 3.82. The first-order chi connectivity index (χ1) is 16.0. The molecule has 0 spiro atoms. The minimum Gasteiger partial charge on any atom is -0.352 e. The molecule has 2 aromatic carbocycles. The van der Waals surface area contributed by atoms with Gasteiger partial charge in [0.2, 0.25) is 21.8 Å². The molecule has 0 saturated carbocycles. The van der Waals surface area contributed by atoms with Crippen LogP contribution in [0, 0.1) is 0 Å². The Morgan fingerprint density at radius 3 is 2.18 bits per heavy atom. The van der Waals surface area contributed by atoms with Crippen LogP contribution in [0.1, 0.15) is 39.2 Å². The second-order valence-corrected chi connectivity index (χ2v) is 10.9. The number of halogens is 2. The Labute approximate surface area is 212 Å². The van der Waals surface area contributed by atoms with E-state index in [4.69, 9.17) is 23.2 Å². The Kier molecular flexibility index (Phi) is 10.2. The van der Waals surface area contributed by atoms with Gasteiger partial charge < -0.3 is 10.2 Å². The van der Waals surface area contributed by atoms with Crippen LogP contribution < -0.4 is 9.62 Å². The van der Waals surface area contributed by atoms with Gasteiger partial charge in [0.1, 0.15) is 12.6 Å². The summed E-state index contributed by atoms with van der Waals surface area (Å²) in [5.74, 6) is -0.792. The van der Waals surface area contributed by atoms with Gasteiger partial charge in [0, 0.05) is 22.6 Å². The number of nitrogens with one attached hydrogen (secondary N) is 1. The summed E-state index contributed by atoms with van der Waals surface area (Å²) in [4.78, 5) is 28.0. The third-order valence-corrected chi connectivity index (χ3v) is 7.06. The van der Waals surface area contributed by atoms with E-state index < -0.39 is 28.5 Å². The van der Waals surface area contributed by atoms with Gasteiger partial charge in [-0.15, -0.1) is 0 Å². The molecule has 2 unspecified atom stereocenters. The fraction of sp³-hybridized carbons (Fsp3) is 0.417. The van der Waals surface area contributed by atoms with Gasteiger partial charge in [-0.3, -0.25) is 13.9 Å². The van der Waals surface area contributed by atoms with E-state index in [2.05, 4.69) is 5.32 Å². The lowest BCUT2D eigenvalue weighted by molar-refractivity contribution is -0.140. The Morgan fingerprint density at radius 1 is 1.00 bits per heavy atom. The molecule has 0 aromatic heterocycles. The number of anilines is 1. The van der Waals surface area contributed by atoms with E-state index >= 15 is 0 Å². The summed E-state index contributed by atoms with van der Waals surface area (Å²) in [6.07, 6.45) is 2.12. The molecule has 2 amide bonds. The zero-order chi connectivity index (χ0) is 25.5. The predicted molar refractivity (Wildman–Crippen MR) is 138 cm³/mol. The van der Waals surface area contributed by atoms with Crippen LogP contribution in [0.3, 0.4) is 0 Å². The predicted octanol–water partition coefficient (Wildman–Crippen LogP) is 4.48. The second kappa shape index (κ2) is 12.4. The SMILES string of the molecule is CCC(C)NC(=O)C(CC)N(Cc1ccc(Cl)cc1)C(=O)CN(c1cccc(Cl)c1)S(C)(=O)=O. The molecule has 0 aliphatic heterocycles. The molecule has 7 nitrogen and oxygen atoms in total. The number of benzene rings is 2. The quantitative estimate of drug-likeness (QED) is 0.466. The molecule has 10 heteroatoms. The molecule has 0 radical (unpaired) electrons. The molecule has 2 rings (SSSR count). The van der Waals surface area contributed by atoms with Gasteiger partial charge in [-0.1, -0.05) is 55.2 Å². The van der Waals surface area contributed by atoms with Gasteiger partial charge in [-0.2, -0.15) is 0 Å². The molecule has 34 heavy (non-hydrogen) atoms. The van der Waals surface area contributed by atoms with Gasteiger partial charge in [0.15, 0.2) is 0 Å². The maximum atomic E-state index is 13.6. The molecule has 0 aliphatic carbocycles. The first-order valence-corrected chi connectivity index (χ1v) is 13.6. The number of sulfonamides is 1. The Hall–Kier alpha value is -2.29.